The van der Waals surface area contributed by atoms with Crippen LogP contribution in [-0.2, 0) is 11.3 Å². The summed E-state index contributed by atoms with van der Waals surface area (Å²) in [5.41, 5.74) is 9.12. The maximum Gasteiger partial charge on any atom is 0.191 e. The minimum Gasteiger partial charge on any atom is -0.372 e. The van der Waals surface area contributed by atoms with E-state index in [0.717, 1.165) is 11.1 Å². The van der Waals surface area contributed by atoms with E-state index in [0.29, 0.717) is 42.6 Å². The van der Waals surface area contributed by atoms with Crippen molar-refractivity contribution in [1.82, 2.24) is 10.1 Å². The number of aliphatic imine (C=N–C) groups is 1. The maximum absolute atomic E-state index is 14.8. The Balaban J connectivity index is 1.43. The fraction of sp³-hybridized carbons (Fsp3) is 0.360. The van der Waals surface area contributed by atoms with Crippen LogP contribution in [-0.4, -0.2) is 41.3 Å². The van der Waals surface area contributed by atoms with Crippen LogP contribution in [0.5, 0.6) is 0 Å². The Kier molecular flexibility index (Phi) is 6.55. The van der Waals surface area contributed by atoms with E-state index >= 15 is 0 Å². The summed E-state index contributed by atoms with van der Waals surface area (Å²) in [5.74, 6) is 0.738. The first-order chi connectivity index (χ1) is 15.4. The van der Waals surface area contributed by atoms with Gasteiger partial charge in [-0.1, -0.05) is 54.5 Å². The Morgan fingerprint density at radius 3 is 2.56 bits per heavy atom. The molecule has 4 rings (SSSR count). The average molecular weight is 437 g/mol. The molecular weight excluding hydrogens is 407 g/mol. The molecule has 0 radical (unpaired) electrons. The molecule has 3 unspecified atom stereocenters. The molecule has 0 spiro atoms. The van der Waals surface area contributed by atoms with Gasteiger partial charge in [0.1, 0.15) is 17.3 Å². The smallest absolute Gasteiger partial charge is 0.191 e. The standard InChI is InChI=1S/C25H29FN4O2/c1-16-14-30(15-17(2)31-16)25(27)28-13-21-12-24(32-29-21)18(3)20-9-10-22(23(26)11-20)19-7-5-4-6-8-19/h4-12,16-18H,13-15H2,1-3H3,(H2,27,28). The maximum atomic E-state index is 14.8. The van der Waals surface area contributed by atoms with Crippen LogP contribution >= 0.6 is 0 Å². The molecule has 7 heteroatoms. The molecule has 1 fully saturated rings. The van der Waals surface area contributed by atoms with Crippen LogP contribution in [0.25, 0.3) is 11.1 Å². The molecule has 32 heavy (non-hydrogen) atoms. The molecule has 1 aliphatic heterocycles. The van der Waals surface area contributed by atoms with Gasteiger partial charge in [-0.05, 0) is 31.0 Å². The number of benzene rings is 2. The highest BCUT2D eigenvalue weighted by Gasteiger charge is 2.23. The van der Waals surface area contributed by atoms with E-state index in [9.17, 15) is 4.39 Å². The van der Waals surface area contributed by atoms with Gasteiger partial charge in [0.05, 0.1) is 18.8 Å². The number of ether oxygens (including phenoxy) is 1. The zero-order valence-electron chi connectivity index (χ0n) is 18.7. The number of guanidine groups is 1. The zero-order valence-corrected chi connectivity index (χ0v) is 18.7. The fourth-order valence-electron chi connectivity index (χ4n) is 4.05. The van der Waals surface area contributed by atoms with E-state index in [1.54, 1.807) is 6.07 Å². The lowest BCUT2D eigenvalue weighted by atomic mass is 9.95. The highest BCUT2D eigenvalue weighted by molar-refractivity contribution is 5.78. The summed E-state index contributed by atoms with van der Waals surface area (Å²) in [7, 11) is 0. The Labute approximate surface area is 187 Å². The first-order valence-electron chi connectivity index (χ1n) is 10.9. The van der Waals surface area contributed by atoms with Gasteiger partial charge in [0.2, 0.25) is 0 Å². The number of morpholine rings is 1. The highest BCUT2D eigenvalue weighted by Crippen LogP contribution is 2.29. The summed E-state index contributed by atoms with van der Waals surface area (Å²) in [6, 6.07) is 16.7. The number of hydrogen-bond acceptors (Lipinski definition) is 4. The SMILES string of the molecule is CC1CN(C(N)=NCc2cc(C(C)c3ccc(-c4ccccc4)c(F)c3)on2)CC(C)O1. The van der Waals surface area contributed by atoms with Gasteiger partial charge in [-0.2, -0.15) is 0 Å². The number of nitrogens with two attached hydrogens (primary N) is 1. The molecule has 6 nitrogen and oxygen atoms in total. The fourth-order valence-corrected chi connectivity index (χ4v) is 4.05. The van der Waals surface area contributed by atoms with Crippen LogP contribution in [0, 0.1) is 5.82 Å². The summed E-state index contributed by atoms with van der Waals surface area (Å²) < 4.78 is 26.0. The van der Waals surface area contributed by atoms with Gasteiger partial charge < -0.3 is 19.9 Å². The second kappa shape index (κ2) is 9.53. The van der Waals surface area contributed by atoms with E-state index in [1.165, 1.54) is 0 Å². The number of rotatable bonds is 5. The number of aromatic nitrogens is 1. The van der Waals surface area contributed by atoms with Crippen molar-refractivity contribution in [2.24, 2.45) is 10.7 Å². The Morgan fingerprint density at radius 1 is 1.16 bits per heavy atom. The van der Waals surface area contributed by atoms with Crippen LogP contribution in [0.15, 0.2) is 64.1 Å². The predicted molar refractivity (Wildman–Crippen MR) is 123 cm³/mol. The molecule has 1 aliphatic rings. The molecule has 0 saturated carbocycles. The van der Waals surface area contributed by atoms with Crippen molar-refractivity contribution in [3.8, 4) is 11.1 Å². The van der Waals surface area contributed by atoms with Gasteiger partial charge in [0, 0.05) is 30.6 Å². The Morgan fingerprint density at radius 2 is 1.88 bits per heavy atom. The first-order valence-corrected chi connectivity index (χ1v) is 10.9. The molecule has 1 aromatic heterocycles. The van der Waals surface area contributed by atoms with Crippen molar-refractivity contribution in [3.63, 3.8) is 0 Å². The lowest BCUT2D eigenvalue weighted by Crippen LogP contribution is -2.50. The third-order valence-corrected chi connectivity index (χ3v) is 5.73. The van der Waals surface area contributed by atoms with E-state index in [2.05, 4.69) is 10.1 Å². The van der Waals surface area contributed by atoms with Crippen molar-refractivity contribution in [1.29, 1.82) is 0 Å². The van der Waals surface area contributed by atoms with Gasteiger partial charge in [-0.3, -0.25) is 0 Å². The van der Waals surface area contributed by atoms with Crippen LogP contribution in [0.3, 0.4) is 0 Å². The third-order valence-electron chi connectivity index (χ3n) is 5.73. The Hall–Kier alpha value is -3.19. The topological polar surface area (TPSA) is 76.9 Å². The van der Waals surface area contributed by atoms with Crippen LogP contribution < -0.4 is 5.73 Å². The van der Waals surface area contributed by atoms with Crippen molar-refractivity contribution < 1.29 is 13.7 Å². The minimum atomic E-state index is -0.258. The zero-order chi connectivity index (χ0) is 22.7. The number of halogens is 1. The van der Waals surface area contributed by atoms with Crippen molar-refractivity contribution in [3.05, 3.63) is 77.4 Å². The molecule has 168 valence electrons. The second-order valence-electron chi connectivity index (χ2n) is 8.38. The van der Waals surface area contributed by atoms with Crippen LogP contribution in [0.1, 0.15) is 43.7 Å². The normalized spacial score (nSPS) is 20.4. The van der Waals surface area contributed by atoms with Crippen molar-refractivity contribution in [2.75, 3.05) is 13.1 Å². The van der Waals surface area contributed by atoms with E-state index in [4.69, 9.17) is 15.0 Å². The summed E-state index contributed by atoms with van der Waals surface area (Å²) in [6.07, 6.45) is 0.223. The summed E-state index contributed by atoms with van der Waals surface area (Å²) in [4.78, 5) is 6.50. The molecular formula is C25H29FN4O2. The second-order valence-corrected chi connectivity index (χ2v) is 8.38. The van der Waals surface area contributed by atoms with Crippen molar-refractivity contribution >= 4 is 5.96 Å². The van der Waals surface area contributed by atoms with E-state index in [-0.39, 0.29) is 23.9 Å². The molecule has 1 saturated heterocycles. The van der Waals surface area contributed by atoms with E-state index < -0.39 is 0 Å². The first kappa shape index (κ1) is 22.0. The van der Waals surface area contributed by atoms with Gasteiger partial charge in [0.25, 0.3) is 0 Å². The molecule has 2 aromatic carbocycles. The quantitative estimate of drug-likeness (QED) is 0.469. The van der Waals surface area contributed by atoms with Crippen LogP contribution in [0.4, 0.5) is 4.39 Å². The largest absolute Gasteiger partial charge is 0.372 e. The number of nitrogens with zero attached hydrogens (tertiary/aromatic N) is 3. The lowest BCUT2D eigenvalue weighted by molar-refractivity contribution is -0.0484. The minimum absolute atomic E-state index is 0.112. The van der Waals surface area contributed by atoms with Gasteiger partial charge in [-0.15, -0.1) is 0 Å². The Bertz CT molecular complexity index is 1070. The molecule has 0 aliphatic carbocycles. The van der Waals surface area contributed by atoms with Gasteiger partial charge >= 0.3 is 0 Å². The summed E-state index contributed by atoms with van der Waals surface area (Å²) in [5, 5.41) is 4.12. The lowest BCUT2D eigenvalue weighted by Gasteiger charge is -2.35. The summed E-state index contributed by atoms with van der Waals surface area (Å²) in [6.45, 7) is 7.77. The van der Waals surface area contributed by atoms with Gasteiger partial charge in [-0.25, -0.2) is 9.38 Å². The van der Waals surface area contributed by atoms with Gasteiger partial charge in [0.15, 0.2) is 5.96 Å². The highest BCUT2D eigenvalue weighted by atomic mass is 19.1. The molecule has 3 atom stereocenters. The van der Waals surface area contributed by atoms with E-state index in [1.807, 2.05) is 74.2 Å². The third kappa shape index (κ3) is 4.99. The molecule has 3 aromatic rings. The molecule has 0 amide bonds. The number of hydrogen-bond donors (Lipinski definition) is 1. The van der Waals surface area contributed by atoms with Crippen LogP contribution in [0.2, 0.25) is 0 Å². The van der Waals surface area contributed by atoms with Crippen molar-refractivity contribution in [2.45, 2.75) is 45.4 Å². The monoisotopic (exact) mass is 436 g/mol. The molecule has 2 heterocycles. The predicted octanol–water partition coefficient (Wildman–Crippen LogP) is 4.56. The molecule has 0 bridgehead atoms. The average Bonchev–Trinajstić information content (AvgIpc) is 3.26. The summed E-state index contributed by atoms with van der Waals surface area (Å²) >= 11 is 0. The molecule has 2 N–H and O–H groups in total.